The number of anilines is 1. The zero-order chi connectivity index (χ0) is 19.1. The van der Waals surface area contributed by atoms with E-state index < -0.39 is 36.0 Å². The zero-order valence-corrected chi connectivity index (χ0v) is 14.7. The number of carbonyl (C=O) groups excluding carboxylic acids is 2. The van der Waals surface area contributed by atoms with Crippen molar-refractivity contribution in [3.8, 4) is 0 Å². The Morgan fingerprint density at radius 1 is 1.12 bits per heavy atom. The minimum atomic E-state index is -0.897. The van der Waals surface area contributed by atoms with E-state index in [-0.39, 0.29) is 11.6 Å². The first kappa shape index (κ1) is 19.6. The van der Waals surface area contributed by atoms with Crippen LogP contribution in [0.15, 0.2) is 48.5 Å². The second kappa shape index (κ2) is 9.08. The van der Waals surface area contributed by atoms with E-state index in [4.69, 9.17) is 4.74 Å². The summed E-state index contributed by atoms with van der Waals surface area (Å²) in [5, 5.41) is 2.26. The fraction of sp³-hybridized carbons (Fsp3) is 0.300. The van der Waals surface area contributed by atoms with Gasteiger partial charge in [0.25, 0.3) is 5.91 Å². The van der Waals surface area contributed by atoms with E-state index in [9.17, 15) is 18.4 Å². The van der Waals surface area contributed by atoms with Crippen molar-refractivity contribution in [2.45, 2.75) is 26.2 Å². The molecule has 2 aromatic carbocycles. The average molecular weight is 361 g/mol. The summed E-state index contributed by atoms with van der Waals surface area (Å²) in [7, 11) is 0. The first-order valence-corrected chi connectivity index (χ1v) is 8.38. The number of nitrogens with one attached hydrogen (secondary N) is 1. The Hall–Kier alpha value is -2.76. The van der Waals surface area contributed by atoms with Crippen LogP contribution in [-0.4, -0.2) is 18.5 Å². The Labute approximate surface area is 151 Å². The topological polar surface area (TPSA) is 55.4 Å². The number of carbonyl (C=O) groups is 2. The molecule has 1 amide bonds. The number of amides is 1. The van der Waals surface area contributed by atoms with Crippen LogP contribution in [0.3, 0.4) is 0 Å². The van der Waals surface area contributed by atoms with E-state index in [1.807, 2.05) is 44.2 Å². The molecule has 4 nitrogen and oxygen atoms in total. The van der Waals surface area contributed by atoms with Gasteiger partial charge in [-0.25, -0.2) is 8.78 Å². The SMILES string of the molecule is CC[C@@H](C)[C@@H](C(=O)OCC(=O)Nc1ccc(F)cc1F)c1ccccc1. The van der Waals surface area contributed by atoms with Crippen LogP contribution in [0.1, 0.15) is 31.7 Å². The molecule has 26 heavy (non-hydrogen) atoms. The van der Waals surface area contributed by atoms with Gasteiger partial charge in [-0.2, -0.15) is 0 Å². The molecule has 0 fully saturated rings. The van der Waals surface area contributed by atoms with Crippen LogP contribution in [0.25, 0.3) is 0 Å². The van der Waals surface area contributed by atoms with Gasteiger partial charge in [0.05, 0.1) is 11.6 Å². The van der Waals surface area contributed by atoms with Crippen molar-refractivity contribution < 1.29 is 23.1 Å². The van der Waals surface area contributed by atoms with Gasteiger partial charge in [0.15, 0.2) is 6.61 Å². The molecule has 2 aromatic rings. The van der Waals surface area contributed by atoms with Crippen LogP contribution in [-0.2, 0) is 14.3 Å². The Morgan fingerprint density at radius 3 is 2.42 bits per heavy atom. The van der Waals surface area contributed by atoms with Crippen molar-refractivity contribution in [2.75, 3.05) is 11.9 Å². The van der Waals surface area contributed by atoms with Gasteiger partial charge in [-0.1, -0.05) is 50.6 Å². The smallest absolute Gasteiger partial charge is 0.314 e. The van der Waals surface area contributed by atoms with Gasteiger partial charge in [0, 0.05) is 6.07 Å². The molecule has 0 saturated heterocycles. The van der Waals surface area contributed by atoms with Crippen molar-refractivity contribution in [1.82, 2.24) is 0 Å². The highest BCUT2D eigenvalue weighted by molar-refractivity contribution is 5.93. The third kappa shape index (κ3) is 5.12. The van der Waals surface area contributed by atoms with Crippen LogP contribution in [0.5, 0.6) is 0 Å². The summed E-state index contributed by atoms with van der Waals surface area (Å²) in [5.74, 6) is -3.31. The number of hydrogen-bond acceptors (Lipinski definition) is 3. The van der Waals surface area contributed by atoms with Gasteiger partial charge in [0.1, 0.15) is 11.6 Å². The molecule has 0 aromatic heterocycles. The van der Waals surface area contributed by atoms with Crippen molar-refractivity contribution in [2.24, 2.45) is 5.92 Å². The molecule has 0 heterocycles. The number of ether oxygens (including phenoxy) is 1. The van der Waals surface area contributed by atoms with Crippen molar-refractivity contribution >= 4 is 17.6 Å². The van der Waals surface area contributed by atoms with Crippen LogP contribution in [0.2, 0.25) is 0 Å². The monoisotopic (exact) mass is 361 g/mol. The van der Waals surface area contributed by atoms with Crippen LogP contribution in [0.4, 0.5) is 14.5 Å². The lowest BCUT2D eigenvalue weighted by molar-refractivity contribution is -0.150. The molecular weight excluding hydrogens is 340 g/mol. The maximum atomic E-state index is 13.5. The summed E-state index contributed by atoms with van der Waals surface area (Å²) in [6.45, 7) is 3.36. The van der Waals surface area contributed by atoms with Gasteiger partial charge in [-0.3, -0.25) is 9.59 Å². The lowest BCUT2D eigenvalue weighted by Crippen LogP contribution is -2.27. The number of hydrogen-bond donors (Lipinski definition) is 1. The summed E-state index contributed by atoms with van der Waals surface area (Å²) in [5.41, 5.74) is 0.644. The Balaban J connectivity index is 1.99. The van der Waals surface area contributed by atoms with Gasteiger partial charge in [0.2, 0.25) is 0 Å². The highest BCUT2D eigenvalue weighted by Gasteiger charge is 2.27. The Bertz CT molecular complexity index is 765. The van der Waals surface area contributed by atoms with E-state index >= 15 is 0 Å². The zero-order valence-electron chi connectivity index (χ0n) is 14.7. The molecule has 0 radical (unpaired) electrons. The molecule has 0 saturated carbocycles. The fourth-order valence-electron chi connectivity index (χ4n) is 2.60. The van der Waals surface area contributed by atoms with Gasteiger partial charge >= 0.3 is 5.97 Å². The number of benzene rings is 2. The summed E-state index contributed by atoms with van der Waals surface area (Å²) >= 11 is 0. The number of halogens is 2. The Kier molecular flexibility index (Phi) is 6.83. The second-order valence-electron chi connectivity index (χ2n) is 6.05. The van der Waals surface area contributed by atoms with Gasteiger partial charge < -0.3 is 10.1 Å². The minimum absolute atomic E-state index is 0.0301. The van der Waals surface area contributed by atoms with E-state index in [2.05, 4.69) is 5.32 Å². The lowest BCUT2D eigenvalue weighted by Gasteiger charge is -2.21. The molecule has 0 spiro atoms. The van der Waals surface area contributed by atoms with Crippen molar-refractivity contribution in [1.29, 1.82) is 0 Å². The third-order valence-corrected chi connectivity index (χ3v) is 4.18. The summed E-state index contributed by atoms with van der Waals surface area (Å²) in [4.78, 5) is 24.4. The maximum Gasteiger partial charge on any atom is 0.314 e. The van der Waals surface area contributed by atoms with Gasteiger partial charge in [-0.15, -0.1) is 0 Å². The number of esters is 1. The van der Waals surface area contributed by atoms with Crippen molar-refractivity contribution in [3.63, 3.8) is 0 Å². The van der Waals surface area contributed by atoms with Gasteiger partial charge in [-0.05, 0) is 23.6 Å². The number of rotatable bonds is 7. The lowest BCUT2D eigenvalue weighted by atomic mass is 9.86. The van der Waals surface area contributed by atoms with E-state index in [0.717, 1.165) is 24.1 Å². The summed E-state index contributed by atoms with van der Waals surface area (Å²) < 4.78 is 31.6. The standard InChI is InChI=1S/C20H21F2NO3/c1-3-13(2)19(14-7-5-4-6-8-14)20(25)26-12-18(24)23-17-10-9-15(21)11-16(17)22/h4-11,13,19H,3,12H2,1-2H3,(H,23,24)/t13-,19-/m1/s1. The molecule has 0 bridgehead atoms. The fourth-order valence-corrected chi connectivity index (χ4v) is 2.60. The highest BCUT2D eigenvalue weighted by Crippen LogP contribution is 2.28. The molecule has 6 heteroatoms. The first-order chi connectivity index (χ1) is 12.4. The molecule has 1 N–H and O–H groups in total. The normalized spacial score (nSPS) is 12.9. The largest absolute Gasteiger partial charge is 0.455 e. The Morgan fingerprint density at radius 2 is 1.81 bits per heavy atom. The van der Waals surface area contributed by atoms with Crippen LogP contribution < -0.4 is 5.32 Å². The minimum Gasteiger partial charge on any atom is -0.455 e. The summed E-state index contributed by atoms with van der Waals surface area (Å²) in [6.07, 6.45) is 0.766. The molecule has 0 aliphatic carbocycles. The van der Waals surface area contributed by atoms with Crippen LogP contribution >= 0.6 is 0 Å². The van der Waals surface area contributed by atoms with Crippen LogP contribution in [0, 0.1) is 17.6 Å². The maximum absolute atomic E-state index is 13.5. The molecule has 2 atom stereocenters. The second-order valence-corrected chi connectivity index (χ2v) is 6.05. The van der Waals surface area contributed by atoms with E-state index in [1.54, 1.807) is 0 Å². The molecular formula is C20H21F2NO3. The van der Waals surface area contributed by atoms with E-state index in [1.165, 1.54) is 0 Å². The molecule has 0 aliphatic heterocycles. The third-order valence-electron chi connectivity index (χ3n) is 4.18. The predicted molar refractivity (Wildman–Crippen MR) is 94.6 cm³/mol. The molecule has 138 valence electrons. The predicted octanol–water partition coefficient (Wildman–Crippen LogP) is 4.28. The molecule has 2 rings (SSSR count). The quantitative estimate of drug-likeness (QED) is 0.749. The van der Waals surface area contributed by atoms with E-state index in [0.29, 0.717) is 6.07 Å². The highest BCUT2D eigenvalue weighted by atomic mass is 19.1. The molecule has 0 aliphatic rings. The molecule has 0 unspecified atom stereocenters. The van der Waals surface area contributed by atoms with Crippen molar-refractivity contribution in [3.05, 3.63) is 65.7 Å². The average Bonchev–Trinajstić information content (AvgIpc) is 2.63. The summed E-state index contributed by atoms with van der Waals surface area (Å²) in [6, 6.07) is 12.0. The first-order valence-electron chi connectivity index (χ1n) is 8.38.